The first-order valence-corrected chi connectivity index (χ1v) is 5.36. The van der Waals surface area contributed by atoms with Gasteiger partial charge in [-0.2, -0.15) is 24.9 Å². The van der Waals surface area contributed by atoms with Gasteiger partial charge in [-0.05, 0) is 18.4 Å². The van der Waals surface area contributed by atoms with Crippen LogP contribution in [0.25, 0.3) is 0 Å². The Balaban J connectivity index is 0. The third kappa shape index (κ3) is 11.1. The van der Waals surface area contributed by atoms with Crippen molar-refractivity contribution in [2.75, 3.05) is 12.0 Å². The van der Waals surface area contributed by atoms with Crippen LogP contribution in [0.5, 0.6) is 0 Å². The Hall–Kier alpha value is -0.960. The number of amides is 1. The molecule has 1 amide bonds. The van der Waals surface area contributed by atoms with Crippen LogP contribution in [0.2, 0.25) is 0 Å². The SMILES string of the molecule is CSCCC(N)C(N)=O.O=C(O)C(F)(F)F. The standard InChI is InChI=1S/C5H12N2OS.C2HF3O2/c1-9-3-2-4(6)5(7)8;3-2(4,5)1(6)7/h4H,2-3,6H2,1H3,(H2,7,8);(H,6,7). The van der Waals surface area contributed by atoms with Gasteiger partial charge in [-0.3, -0.25) is 4.79 Å². The van der Waals surface area contributed by atoms with Crippen molar-refractivity contribution in [1.82, 2.24) is 0 Å². The molecule has 0 radical (unpaired) electrons. The average molecular weight is 262 g/mol. The normalized spacial score (nSPS) is 12.3. The molecule has 5 N–H and O–H groups in total. The summed E-state index contributed by atoms with van der Waals surface area (Å²) < 4.78 is 31.7. The molecular weight excluding hydrogens is 249 g/mol. The first-order valence-electron chi connectivity index (χ1n) is 3.96. The molecule has 1 unspecified atom stereocenters. The number of hydrogen-bond acceptors (Lipinski definition) is 4. The Morgan fingerprint density at radius 3 is 2.00 bits per heavy atom. The van der Waals surface area contributed by atoms with Crippen LogP contribution >= 0.6 is 11.8 Å². The number of rotatable bonds is 4. The van der Waals surface area contributed by atoms with Crippen molar-refractivity contribution >= 4 is 23.6 Å². The lowest BCUT2D eigenvalue weighted by Gasteiger charge is -2.03. The quantitative estimate of drug-likeness (QED) is 0.670. The first kappa shape index (κ1) is 17.4. The molecule has 0 saturated heterocycles. The molecule has 0 aliphatic heterocycles. The number of carbonyl (C=O) groups is 2. The monoisotopic (exact) mass is 262 g/mol. The summed E-state index contributed by atoms with van der Waals surface area (Å²) >= 11 is 1.66. The highest BCUT2D eigenvalue weighted by Gasteiger charge is 2.38. The molecule has 16 heavy (non-hydrogen) atoms. The van der Waals surface area contributed by atoms with Crippen LogP contribution in [-0.2, 0) is 9.59 Å². The van der Waals surface area contributed by atoms with Gasteiger partial charge < -0.3 is 16.6 Å². The Labute approximate surface area is 94.4 Å². The Morgan fingerprint density at radius 2 is 1.81 bits per heavy atom. The maximum Gasteiger partial charge on any atom is 0.490 e. The summed E-state index contributed by atoms with van der Waals surface area (Å²) in [6.07, 6.45) is -2.44. The molecule has 0 aromatic carbocycles. The molecule has 96 valence electrons. The fourth-order valence-electron chi connectivity index (χ4n) is 0.387. The summed E-state index contributed by atoms with van der Waals surface area (Å²) in [6, 6.07) is -0.461. The van der Waals surface area contributed by atoms with Gasteiger partial charge in [0.15, 0.2) is 0 Å². The van der Waals surface area contributed by atoms with Crippen LogP contribution in [-0.4, -0.2) is 41.2 Å². The lowest BCUT2D eigenvalue weighted by molar-refractivity contribution is -0.192. The molecule has 0 rings (SSSR count). The van der Waals surface area contributed by atoms with Gasteiger partial charge in [0, 0.05) is 0 Å². The largest absolute Gasteiger partial charge is 0.490 e. The molecular formula is C7H13F3N2O3S. The van der Waals surface area contributed by atoms with Crippen molar-refractivity contribution < 1.29 is 27.9 Å². The Morgan fingerprint density at radius 1 is 1.44 bits per heavy atom. The van der Waals surface area contributed by atoms with Gasteiger partial charge in [0.05, 0.1) is 6.04 Å². The van der Waals surface area contributed by atoms with Crippen LogP contribution in [0.15, 0.2) is 0 Å². The van der Waals surface area contributed by atoms with E-state index in [1.165, 1.54) is 0 Å². The number of halogens is 3. The number of carbonyl (C=O) groups excluding carboxylic acids is 1. The minimum Gasteiger partial charge on any atom is -0.475 e. The summed E-state index contributed by atoms with van der Waals surface area (Å²) in [6.45, 7) is 0. The van der Waals surface area contributed by atoms with Crippen LogP contribution in [0.4, 0.5) is 13.2 Å². The minimum atomic E-state index is -5.08. The fourth-order valence-corrected chi connectivity index (χ4v) is 0.877. The highest BCUT2D eigenvalue weighted by molar-refractivity contribution is 7.98. The predicted octanol–water partition coefficient (Wildman–Crippen LogP) is 0.185. The Bertz CT molecular complexity index is 235. The van der Waals surface area contributed by atoms with Gasteiger partial charge in [0.2, 0.25) is 5.91 Å². The second-order valence-corrected chi connectivity index (χ2v) is 3.58. The molecule has 0 bridgehead atoms. The highest BCUT2D eigenvalue weighted by Crippen LogP contribution is 2.13. The zero-order valence-electron chi connectivity index (χ0n) is 8.45. The van der Waals surface area contributed by atoms with E-state index in [1.807, 2.05) is 6.26 Å². The maximum atomic E-state index is 10.6. The van der Waals surface area contributed by atoms with E-state index in [2.05, 4.69) is 0 Å². The highest BCUT2D eigenvalue weighted by atomic mass is 32.2. The van der Waals surface area contributed by atoms with Gasteiger partial charge in [0.25, 0.3) is 0 Å². The third-order valence-electron chi connectivity index (χ3n) is 1.24. The molecule has 0 aromatic heterocycles. The van der Waals surface area contributed by atoms with Crippen molar-refractivity contribution in [2.45, 2.75) is 18.6 Å². The number of carboxylic acid groups (broad SMARTS) is 1. The average Bonchev–Trinajstić information content (AvgIpc) is 2.13. The zero-order chi connectivity index (χ0) is 13.4. The molecule has 0 fully saturated rings. The molecule has 9 heteroatoms. The minimum absolute atomic E-state index is 0.413. The molecule has 0 spiro atoms. The van der Waals surface area contributed by atoms with Gasteiger partial charge in [-0.25, -0.2) is 4.79 Å². The van der Waals surface area contributed by atoms with Crippen LogP contribution < -0.4 is 11.5 Å². The number of nitrogens with two attached hydrogens (primary N) is 2. The summed E-state index contributed by atoms with van der Waals surface area (Å²) in [5.41, 5.74) is 10.2. The summed E-state index contributed by atoms with van der Waals surface area (Å²) in [7, 11) is 0. The van der Waals surface area contributed by atoms with Gasteiger partial charge >= 0.3 is 12.1 Å². The number of primary amides is 1. The molecule has 0 heterocycles. The van der Waals surface area contributed by atoms with E-state index in [9.17, 15) is 18.0 Å². The molecule has 0 aromatic rings. The summed E-state index contributed by atoms with van der Waals surface area (Å²) in [4.78, 5) is 19.2. The fraction of sp³-hybridized carbons (Fsp3) is 0.714. The van der Waals surface area contributed by atoms with E-state index >= 15 is 0 Å². The van der Waals surface area contributed by atoms with Crippen LogP contribution in [0, 0.1) is 0 Å². The molecule has 5 nitrogen and oxygen atoms in total. The number of hydrogen-bond donors (Lipinski definition) is 3. The third-order valence-corrected chi connectivity index (χ3v) is 1.88. The number of alkyl halides is 3. The Kier molecular flexibility index (Phi) is 8.96. The maximum absolute atomic E-state index is 10.6. The van der Waals surface area contributed by atoms with E-state index in [-0.39, 0.29) is 0 Å². The summed E-state index contributed by atoms with van der Waals surface area (Å²) in [5.74, 6) is -2.28. The van der Waals surface area contributed by atoms with E-state index in [4.69, 9.17) is 21.4 Å². The van der Waals surface area contributed by atoms with E-state index in [0.717, 1.165) is 5.75 Å². The van der Waals surface area contributed by atoms with Crippen LogP contribution in [0.3, 0.4) is 0 Å². The van der Waals surface area contributed by atoms with Crippen molar-refractivity contribution in [3.05, 3.63) is 0 Å². The van der Waals surface area contributed by atoms with E-state index in [1.54, 1.807) is 11.8 Å². The van der Waals surface area contributed by atoms with Gasteiger partial charge in [-0.15, -0.1) is 0 Å². The van der Waals surface area contributed by atoms with E-state index < -0.39 is 24.1 Å². The number of aliphatic carboxylic acids is 1. The smallest absolute Gasteiger partial charge is 0.475 e. The molecule has 0 saturated carbocycles. The number of carboxylic acids is 1. The topological polar surface area (TPSA) is 106 Å². The second-order valence-electron chi connectivity index (χ2n) is 2.59. The van der Waals surface area contributed by atoms with Crippen molar-refractivity contribution in [1.29, 1.82) is 0 Å². The lowest BCUT2D eigenvalue weighted by Crippen LogP contribution is -2.36. The lowest BCUT2D eigenvalue weighted by atomic mass is 10.2. The van der Waals surface area contributed by atoms with Gasteiger partial charge in [-0.1, -0.05) is 0 Å². The zero-order valence-corrected chi connectivity index (χ0v) is 9.27. The first-order chi connectivity index (χ1) is 7.12. The second kappa shape index (κ2) is 8.22. The molecule has 1 atom stereocenters. The van der Waals surface area contributed by atoms with Gasteiger partial charge in [0.1, 0.15) is 0 Å². The van der Waals surface area contributed by atoms with Crippen molar-refractivity contribution in [3.63, 3.8) is 0 Å². The van der Waals surface area contributed by atoms with Crippen LogP contribution in [0.1, 0.15) is 6.42 Å². The number of thioether (sulfide) groups is 1. The van der Waals surface area contributed by atoms with Crippen molar-refractivity contribution in [2.24, 2.45) is 11.5 Å². The summed E-state index contributed by atoms with van der Waals surface area (Å²) in [5, 5.41) is 7.12. The molecule has 0 aliphatic rings. The predicted molar refractivity (Wildman–Crippen MR) is 53.9 cm³/mol. The molecule has 0 aliphatic carbocycles. The van der Waals surface area contributed by atoms with Crippen molar-refractivity contribution in [3.8, 4) is 0 Å². The van der Waals surface area contributed by atoms with E-state index in [0.29, 0.717) is 6.42 Å².